The molecule has 0 saturated carbocycles. The number of hydrogen-bond acceptors (Lipinski definition) is 6. The molecule has 7 nitrogen and oxygen atoms in total. The van der Waals surface area contributed by atoms with Crippen LogP contribution in [0.1, 0.15) is 18.4 Å². The summed E-state index contributed by atoms with van der Waals surface area (Å²) in [6.07, 6.45) is 4.29. The number of aliphatic hydroxyl groups excluding tert-OH is 2. The van der Waals surface area contributed by atoms with Crippen molar-refractivity contribution in [2.45, 2.75) is 37.1 Å². The van der Waals surface area contributed by atoms with Crippen molar-refractivity contribution in [1.82, 2.24) is 19.7 Å². The standard InChI is InChI=1S/C18H26N4O3/c23-5-3-17(25)21-9-15-6-16(24)10-22(15)18(13-21)11-20(12-18)8-14-2-1-4-19-7-14/h1-2,4,7,15-16,23-24H,3,5-6,8-13H2/t15-,16+/m0/s1. The smallest absolute Gasteiger partial charge is 0.224 e. The van der Waals surface area contributed by atoms with Crippen LogP contribution in [0.2, 0.25) is 0 Å². The maximum atomic E-state index is 12.3. The van der Waals surface area contributed by atoms with E-state index in [4.69, 9.17) is 5.11 Å². The van der Waals surface area contributed by atoms with Crippen LogP contribution in [0.3, 0.4) is 0 Å². The molecule has 2 atom stereocenters. The van der Waals surface area contributed by atoms with Gasteiger partial charge in [0.1, 0.15) is 0 Å². The summed E-state index contributed by atoms with van der Waals surface area (Å²) in [5.41, 5.74) is 1.13. The summed E-state index contributed by atoms with van der Waals surface area (Å²) in [6, 6.07) is 4.26. The van der Waals surface area contributed by atoms with Crippen molar-refractivity contribution in [3.05, 3.63) is 30.1 Å². The lowest BCUT2D eigenvalue weighted by Crippen LogP contribution is -2.78. The average molecular weight is 346 g/mol. The van der Waals surface area contributed by atoms with E-state index in [1.165, 1.54) is 5.56 Å². The van der Waals surface area contributed by atoms with Crippen LogP contribution in [-0.4, -0.2) is 92.8 Å². The zero-order valence-electron chi connectivity index (χ0n) is 14.4. The number of likely N-dealkylation sites (tertiary alicyclic amines) is 1. The number of β-amino-alcohol motifs (C(OH)–C–C–N with tert-alkyl or cyclic N) is 1. The van der Waals surface area contributed by atoms with Gasteiger partial charge in [0.25, 0.3) is 0 Å². The average Bonchev–Trinajstić information content (AvgIpc) is 2.95. The molecule has 4 rings (SSSR count). The lowest BCUT2D eigenvalue weighted by Gasteiger charge is -2.61. The Hall–Kier alpha value is -1.54. The summed E-state index contributed by atoms with van der Waals surface area (Å²) in [7, 11) is 0. The van der Waals surface area contributed by atoms with Crippen molar-refractivity contribution < 1.29 is 15.0 Å². The molecule has 3 fully saturated rings. The van der Waals surface area contributed by atoms with Crippen LogP contribution in [0.5, 0.6) is 0 Å². The van der Waals surface area contributed by atoms with Gasteiger partial charge in [0.05, 0.1) is 18.2 Å². The second kappa shape index (κ2) is 6.64. The molecule has 0 radical (unpaired) electrons. The summed E-state index contributed by atoms with van der Waals surface area (Å²) < 4.78 is 0. The molecule has 1 aromatic rings. The molecule has 2 N–H and O–H groups in total. The van der Waals surface area contributed by atoms with E-state index in [1.807, 2.05) is 17.2 Å². The Bertz CT molecular complexity index is 620. The Morgan fingerprint density at radius 1 is 1.32 bits per heavy atom. The van der Waals surface area contributed by atoms with Crippen LogP contribution in [0.4, 0.5) is 0 Å². The largest absolute Gasteiger partial charge is 0.396 e. The number of fused-ring (bicyclic) bond motifs is 2. The van der Waals surface area contributed by atoms with Gasteiger partial charge in [0.2, 0.25) is 5.91 Å². The molecule has 1 amide bonds. The summed E-state index contributed by atoms with van der Waals surface area (Å²) >= 11 is 0. The molecule has 3 aliphatic rings. The second-order valence-corrected chi connectivity index (χ2v) is 7.67. The lowest BCUT2D eigenvalue weighted by atomic mass is 9.83. The number of hydrogen-bond donors (Lipinski definition) is 2. The summed E-state index contributed by atoms with van der Waals surface area (Å²) in [6.45, 7) is 4.61. The van der Waals surface area contributed by atoms with Gasteiger partial charge in [-0.1, -0.05) is 6.07 Å². The van der Waals surface area contributed by atoms with Crippen molar-refractivity contribution in [2.75, 3.05) is 39.3 Å². The predicted molar refractivity (Wildman–Crippen MR) is 91.6 cm³/mol. The Kier molecular flexibility index (Phi) is 4.49. The Labute approximate surface area is 147 Å². The number of aliphatic hydroxyl groups is 2. The number of rotatable bonds is 4. The Morgan fingerprint density at radius 3 is 2.88 bits per heavy atom. The molecular formula is C18H26N4O3. The highest BCUT2D eigenvalue weighted by Crippen LogP contribution is 2.39. The number of carbonyl (C=O) groups excluding carboxylic acids is 1. The predicted octanol–water partition coefficient (Wildman–Crippen LogP) is -0.704. The second-order valence-electron chi connectivity index (χ2n) is 7.67. The first-order valence-electron chi connectivity index (χ1n) is 9.04. The fourth-order valence-electron chi connectivity index (χ4n) is 4.78. The van der Waals surface area contributed by atoms with E-state index < -0.39 is 0 Å². The van der Waals surface area contributed by atoms with Crippen molar-refractivity contribution in [2.24, 2.45) is 0 Å². The number of pyridine rings is 1. The topological polar surface area (TPSA) is 80.1 Å². The minimum atomic E-state index is -0.304. The number of nitrogens with zero attached hydrogens (tertiary/aromatic N) is 4. The fourth-order valence-corrected chi connectivity index (χ4v) is 4.78. The minimum Gasteiger partial charge on any atom is -0.396 e. The first kappa shape index (κ1) is 16.9. The minimum absolute atomic E-state index is 0.0219. The number of piperazine rings is 1. The molecule has 3 saturated heterocycles. The third kappa shape index (κ3) is 3.17. The molecule has 25 heavy (non-hydrogen) atoms. The van der Waals surface area contributed by atoms with E-state index in [1.54, 1.807) is 6.20 Å². The first-order valence-corrected chi connectivity index (χ1v) is 9.04. The van der Waals surface area contributed by atoms with Crippen LogP contribution in [-0.2, 0) is 11.3 Å². The lowest BCUT2D eigenvalue weighted by molar-refractivity contribution is -0.151. The van der Waals surface area contributed by atoms with Crippen LogP contribution >= 0.6 is 0 Å². The molecule has 0 unspecified atom stereocenters. The van der Waals surface area contributed by atoms with Gasteiger partial charge in [-0.05, 0) is 18.1 Å². The third-order valence-electron chi connectivity index (χ3n) is 5.76. The molecule has 1 aromatic heterocycles. The highest BCUT2D eigenvalue weighted by atomic mass is 16.3. The molecule has 136 valence electrons. The number of aromatic nitrogens is 1. The van der Waals surface area contributed by atoms with Gasteiger partial charge in [0, 0.05) is 64.1 Å². The van der Waals surface area contributed by atoms with Gasteiger partial charge < -0.3 is 15.1 Å². The third-order valence-corrected chi connectivity index (χ3v) is 5.76. The van der Waals surface area contributed by atoms with Gasteiger partial charge in [-0.3, -0.25) is 19.6 Å². The van der Waals surface area contributed by atoms with Crippen molar-refractivity contribution >= 4 is 5.91 Å². The van der Waals surface area contributed by atoms with Crippen LogP contribution in [0.25, 0.3) is 0 Å². The number of carbonyl (C=O) groups is 1. The van der Waals surface area contributed by atoms with Crippen LogP contribution < -0.4 is 0 Å². The molecule has 0 aliphatic carbocycles. The van der Waals surface area contributed by atoms with Crippen molar-refractivity contribution in [3.63, 3.8) is 0 Å². The van der Waals surface area contributed by atoms with E-state index >= 15 is 0 Å². The van der Waals surface area contributed by atoms with Gasteiger partial charge >= 0.3 is 0 Å². The number of amides is 1. The molecular weight excluding hydrogens is 320 g/mol. The van der Waals surface area contributed by atoms with E-state index in [0.717, 1.165) is 26.1 Å². The first-order chi connectivity index (χ1) is 12.1. The maximum absolute atomic E-state index is 12.3. The quantitative estimate of drug-likeness (QED) is 0.750. The van der Waals surface area contributed by atoms with Crippen LogP contribution in [0.15, 0.2) is 24.5 Å². The fraction of sp³-hybridized carbons (Fsp3) is 0.667. The molecule has 3 aliphatic heterocycles. The van der Waals surface area contributed by atoms with Crippen LogP contribution in [0, 0.1) is 0 Å². The van der Waals surface area contributed by atoms with Gasteiger partial charge in [-0.15, -0.1) is 0 Å². The zero-order valence-corrected chi connectivity index (χ0v) is 14.4. The normalized spacial score (nSPS) is 28.8. The Balaban J connectivity index is 1.46. The summed E-state index contributed by atoms with van der Waals surface area (Å²) in [4.78, 5) is 23.2. The zero-order chi connectivity index (χ0) is 17.4. The van der Waals surface area contributed by atoms with Gasteiger partial charge in [-0.25, -0.2) is 0 Å². The SMILES string of the molecule is O=C(CCO)N1C[C@@H]2C[C@@H](O)CN2C2(CN(Cc3cccnc3)C2)C1. The van der Waals surface area contributed by atoms with Gasteiger partial charge in [-0.2, -0.15) is 0 Å². The van der Waals surface area contributed by atoms with Crippen molar-refractivity contribution in [1.29, 1.82) is 0 Å². The molecule has 0 aromatic carbocycles. The molecule has 0 bridgehead atoms. The van der Waals surface area contributed by atoms with E-state index in [9.17, 15) is 9.90 Å². The van der Waals surface area contributed by atoms with E-state index in [2.05, 4.69) is 20.9 Å². The summed E-state index contributed by atoms with van der Waals surface area (Å²) in [5.74, 6) is 0.0219. The van der Waals surface area contributed by atoms with E-state index in [0.29, 0.717) is 19.6 Å². The maximum Gasteiger partial charge on any atom is 0.224 e. The van der Waals surface area contributed by atoms with E-state index in [-0.39, 0.29) is 36.6 Å². The monoisotopic (exact) mass is 346 g/mol. The molecule has 1 spiro atoms. The molecule has 7 heteroatoms. The highest BCUT2D eigenvalue weighted by Gasteiger charge is 2.56. The highest BCUT2D eigenvalue weighted by molar-refractivity contribution is 5.76. The molecule has 4 heterocycles. The summed E-state index contributed by atoms with van der Waals surface area (Å²) in [5, 5.41) is 19.2. The Morgan fingerprint density at radius 2 is 2.16 bits per heavy atom. The van der Waals surface area contributed by atoms with Gasteiger partial charge in [0.15, 0.2) is 0 Å². The van der Waals surface area contributed by atoms with Crippen molar-refractivity contribution in [3.8, 4) is 0 Å².